The topological polar surface area (TPSA) is 227 Å². The number of carbonyl (C=O) groups is 2. The highest BCUT2D eigenvalue weighted by atomic mass is 32.3. The molecule has 6 N–H and O–H groups in total. The maximum atomic E-state index is 14.0. The van der Waals surface area contributed by atoms with E-state index in [1.54, 1.807) is 13.8 Å². The summed E-state index contributed by atoms with van der Waals surface area (Å²) in [7, 11) is -7.92. The van der Waals surface area contributed by atoms with Gasteiger partial charge in [-0.3, -0.25) is 9.59 Å². The van der Waals surface area contributed by atoms with Gasteiger partial charge in [-0.15, -0.1) is 22.7 Å². The molecule has 328 valence electrons. The third kappa shape index (κ3) is 15.1. The Balaban J connectivity index is 0.000000337. The Hall–Kier alpha value is -3.72. The molecule has 0 atom stereocenters. The summed E-state index contributed by atoms with van der Waals surface area (Å²) >= 11 is 1.67. The molecular formula is C40H56F2N4O9S4. The minimum absolute atomic E-state index is 0.0316. The molecule has 0 aliphatic carbocycles. The summed E-state index contributed by atoms with van der Waals surface area (Å²) in [6.07, 6.45) is 2.35. The molecular weight excluding hydrogens is 847 g/mol. The highest BCUT2D eigenvalue weighted by Crippen LogP contribution is 2.32. The van der Waals surface area contributed by atoms with Gasteiger partial charge >= 0.3 is 5.97 Å². The largest absolute Gasteiger partial charge is 0.481 e. The molecule has 0 aliphatic heterocycles. The zero-order valence-electron chi connectivity index (χ0n) is 35.3. The molecule has 0 saturated carbocycles. The average Bonchev–Trinajstić information content (AvgIpc) is 3.78. The number of halogens is 2. The number of aromatic nitrogens is 2. The van der Waals surface area contributed by atoms with Gasteiger partial charge in [0.1, 0.15) is 11.6 Å². The Bertz CT molecular complexity index is 2270. The monoisotopic (exact) mass is 902 g/mol. The molecule has 0 fully saturated rings. The fourth-order valence-corrected chi connectivity index (χ4v) is 9.42. The highest BCUT2D eigenvalue weighted by Gasteiger charge is 2.28. The lowest BCUT2D eigenvalue weighted by Crippen LogP contribution is -2.32. The third-order valence-electron chi connectivity index (χ3n) is 8.62. The molecule has 0 unspecified atom stereocenters. The van der Waals surface area contributed by atoms with Crippen molar-refractivity contribution in [3.63, 3.8) is 0 Å². The van der Waals surface area contributed by atoms with Crippen LogP contribution in [-0.4, -0.2) is 54.0 Å². The summed E-state index contributed by atoms with van der Waals surface area (Å²) in [5, 5.41) is 33.3. The van der Waals surface area contributed by atoms with Crippen molar-refractivity contribution in [3.05, 3.63) is 91.4 Å². The predicted octanol–water partition coefficient (Wildman–Crippen LogP) is 7.52. The number of hydrogen-bond donors (Lipinski definition) is 5. The van der Waals surface area contributed by atoms with Crippen LogP contribution >= 0.6 is 22.7 Å². The van der Waals surface area contributed by atoms with Crippen molar-refractivity contribution < 1.29 is 50.5 Å². The van der Waals surface area contributed by atoms with Crippen LogP contribution in [0.2, 0.25) is 0 Å². The maximum absolute atomic E-state index is 14.0. The molecule has 59 heavy (non-hydrogen) atoms. The van der Waals surface area contributed by atoms with E-state index in [-0.39, 0.29) is 56.8 Å². The number of nitrogens with zero attached hydrogens (tertiary/aromatic N) is 2. The first-order chi connectivity index (χ1) is 26.8. The Kier molecular flexibility index (Phi) is 17.6. The smallest absolute Gasteiger partial charge is 0.307 e. The van der Waals surface area contributed by atoms with Crippen molar-refractivity contribution in [3.8, 4) is 0 Å². The van der Waals surface area contributed by atoms with E-state index in [9.17, 15) is 45.4 Å². The molecule has 0 bridgehead atoms. The van der Waals surface area contributed by atoms with E-state index in [1.165, 1.54) is 50.5 Å². The molecule has 0 spiro atoms. The second kappa shape index (κ2) is 20.2. The number of amides is 1. The molecule has 0 aliphatic rings. The van der Waals surface area contributed by atoms with E-state index in [2.05, 4.69) is 9.97 Å². The average molecular weight is 903 g/mol. The number of aliphatic hydroxyl groups is 2. The van der Waals surface area contributed by atoms with Crippen molar-refractivity contribution in [2.45, 2.75) is 139 Å². The van der Waals surface area contributed by atoms with Gasteiger partial charge in [0, 0.05) is 12.4 Å². The number of carboxylic acids is 1. The summed E-state index contributed by atoms with van der Waals surface area (Å²) in [5.41, 5.74) is 2.05. The van der Waals surface area contributed by atoms with Crippen LogP contribution in [0.25, 0.3) is 0 Å². The van der Waals surface area contributed by atoms with Gasteiger partial charge in [0.05, 0.1) is 33.8 Å². The Morgan fingerprint density at radius 3 is 1.27 bits per heavy atom. The number of aliphatic carboxylic acids is 1. The molecule has 2 heterocycles. The summed E-state index contributed by atoms with van der Waals surface area (Å²) in [6.45, 7) is 21.5. The molecule has 0 saturated heterocycles. The summed E-state index contributed by atoms with van der Waals surface area (Å²) < 4.78 is 75.8. The number of thiazole rings is 2. The van der Waals surface area contributed by atoms with E-state index in [4.69, 9.17) is 10.2 Å². The van der Waals surface area contributed by atoms with Crippen LogP contribution in [0, 0.1) is 11.6 Å². The fourth-order valence-electron chi connectivity index (χ4n) is 5.71. The van der Waals surface area contributed by atoms with E-state index in [0.29, 0.717) is 26.4 Å². The molecule has 2 aromatic carbocycles. The maximum Gasteiger partial charge on any atom is 0.307 e. The molecule has 19 heteroatoms. The van der Waals surface area contributed by atoms with E-state index < -0.39 is 43.1 Å². The van der Waals surface area contributed by atoms with Crippen LogP contribution in [0.3, 0.4) is 0 Å². The number of carbonyl (C=O) groups excluding carboxylic acids is 1. The molecule has 2 aromatic heterocycles. The lowest BCUT2D eigenvalue weighted by atomic mass is 9.87. The lowest BCUT2D eigenvalue weighted by Gasteiger charge is -2.19. The molecule has 4 aromatic rings. The number of nitrogens with one attached hydrogen (secondary N) is 1. The minimum atomic E-state index is -4.17. The van der Waals surface area contributed by atoms with Crippen LogP contribution in [0.1, 0.15) is 150 Å². The summed E-state index contributed by atoms with van der Waals surface area (Å²) in [6, 6.07) is 5.69. The standard InChI is InChI=1S/C20H27FN2O4S2.C14H19FO2.C6H10N2O3S2/c1-11(2)14-7-13(21)8-15(12(3)4)16(14)9-18(24)23-29(26,27)19-22-10-17(28-19)20(5,6)25;1-8(2)11-5-10(15)6-12(9(3)4)13(11)7-14(16)17;1-6(2,9)4-3-8-5(12-4)13(7,10)11/h7-8,10-12,25H,9H2,1-6H3,(H,23,24);5-6,8-9H,7H2,1-4H3,(H,16,17);3,9H,1-2H3,(H2,7,10,11). The van der Waals surface area contributed by atoms with Crippen LogP contribution < -0.4 is 9.86 Å². The number of benzene rings is 2. The van der Waals surface area contributed by atoms with Crippen LogP contribution in [0.15, 0.2) is 45.3 Å². The molecule has 13 nitrogen and oxygen atoms in total. The van der Waals surface area contributed by atoms with Gasteiger partial charge in [-0.05, 0) is 109 Å². The van der Waals surface area contributed by atoms with Crippen molar-refractivity contribution in [1.29, 1.82) is 0 Å². The summed E-state index contributed by atoms with van der Waals surface area (Å²) in [5.74, 6) is -2.08. The number of hydrogen-bond acceptors (Lipinski definition) is 12. The van der Waals surface area contributed by atoms with Crippen LogP contribution in [0.5, 0.6) is 0 Å². The number of primary sulfonamides is 1. The van der Waals surface area contributed by atoms with Gasteiger partial charge in [-0.1, -0.05) is 55.4 Å². The molecule has 0 radical (unpaired) electrons. The number of carboxylic acid groups (broad SMARTS) is 1. The number of rotatable bonds is 13. The van der Waals surface area contributed by atoms with Crippen molar-refractivity contribution >= 4 is 54.6 Å². The van der Waals surface area contributed by atoms with Gasteiger partial charge in [0.15, 0.2) is 0 Å². The van der Waals surface area contributed by atoms with E-state index >= 15 is 0 Å². The normalized spacial score (nSPS) is 12.4. The Labute approximate surface area is 354 Å². The van der Waals surface area contributed by atoms with Crippen LogP contribution in [-0.2, 0) is 53.7 Å². The first kappa shape index (κ1) is 51.4. The lowest BCUT2D eigenvalue weighted by molar-refractivity contribution is -0.136. The van der Waals surface area contributed by atoms with Crippen LogP contribution in [0.4, 0.5) is 8.78 Å². The second-order valence-electron chi connectivity index (χ2n) is 16.2. The zero-order valence-corrected chi connectivity index (χ0v) is 38.6. The van der Waals surface area contributed by atoms with Crippen molar-refractivity contribution in [2.75, 3.05) is 0 Å². The minimum Gasteiger partial charge on any atom is -0.481 e. The van der Waals surface area contributed by atoms with E-state index in [0.717, 1.165) is 39.4 Å². The number of sulfonamides is 2. The highest BCUT2D eigenvalue weighted by molar-refractivity contribution is 7.92. The SMILES string of the molecule is CC(C)(O)c1cnc(S(N)(=O)=O)s1.CC(C)c1cc(F)cc(C(C)C)c1CC(=O)NS(=O)(=O)c1ncc(C(C)(C)O)s1.CC(C)c1cc(F)cc(C(C)C)c1CC(=O)O. The second-order valence-corrected chi connectivity index (χ2v) is 21.8. The Morgan fingerprint density at radius 1 is 0.678 bits per heavy atom. The van der Waals surface area contributed by atoms with Gasteiger partial charge in [-0.25, -0.2) is 37.0 Å². The van der Waals surface area contributed by atoms with Gasteiger partial charge in [-0.2, -0.15) is 8.42 Å². The van der Waals surface area contributed by atoms with Crippen molar-refractivity contribution in [1.82, 2.24) is 14.7 Å². The van der Waals surface area contributed by atoms with E-state index in [1.807, 2.05) is 60.1 Å². The fraction of sp³-hybridized carbons (Fsp3) is 0.500. The first-order valence-electron chi connectivity index (χ1n) is 18.6. The first-order valence-corrected chi connectivity index (χ1v) is 23.2. The van der Waals surface area contributed by atoms with Gasteiger partial charge in [0.25, 0.3) is 20.0 Å². The Morgan fingerprint density at radius 2 is 1.00 bits per heavy atom. The summed E-state index contributed by atoms with van der Waals surface area (Å²) in [4.78, 5) is 31.8. The molecule has 1 amide bonds. The number of nitrogens with two attached hydrogens (primary N) is 1. The third-order valence-corrected chi connectivity index (χ3v) is 14.3. The van der Waals surface area contributed by atoms with Gasteiger partial charge in [0.2, 0.25) is 14.6 Å². The van der Waals surface area contributed by atoms with Gasteiger partial charge < -0.3 is 15.3 Å². The molecule has 4 rings (SSSR count). The zero-order chi connectivity index (χ0) is 45.6. The quantitative estimate of drug-likeness (QED) is 0.0882. The predicted molar refractivity (Wildman–Crippen MR) is 226 cm³/mol. The van der Waals surface area contributed by atoms with Crippen molar-refractivity contribution in [2.24, 2.45) is 5.14 Å².